The largest absolute Gasteiger partial charge is 0.469 e. The van der Waals surface area contributed by atoms with Crippen molar-refractivity contribution in [3.05, 3.63) is 83.3 Å². The first-order valence-corrected chi connectivity index (χ1v) is 11.0. The van der Waals surface area contributed by atoms with E-state index in [1.807, 2.05) is 67.8 Å². The Kier molecular flexibility index (Phi) is 6.23. The van der Waals surface area contributed by atoms with Gasteiger partial charge in [0.1, 0.15) is 5.76 Å². The number of hydrogen-bond acceptors (Lipinski definition) is 5. The molecular weight excluding hydrogens is 408 g/mol. The maximum absolute atomic E-state index is 12.6. The van der Waals surface area contributed by atoms with E-state index in [2.05, 4.69) is 27.6 Å². The van der Waals surface area contributed by atoms with Crippen LogP contribution < -0.4 is 5.32 Å². The first-order chi connectivity index (χ1) is 15.0. The highest BCUT2D eigenvalue weighted by Crippen LogP contribution is 2.28. The number of aryl methyl sites for hydroxylation is 2. The topological polar surface area (TPSA) is 73.0 Å². The van der Waals surface area contributed by atoms with Gasteiger partial charge in [0.05, 0.1) is 24.1 Å². The molecule has 0 saturated carbocycles. The molecule has 0 aliphatic rings. The van der Waals surface area contributed by atoms with Crippen LogP contribution in [0.4, 0.5) is 5.69 Å². The van der Waals surface area contributed by atoms with E-state index in [9.17, 15) is 4.79 Å². The van der Waals surface area contributed by atoms with E-state index in [0.717, 1.165) is 39.5 Å². The molecule has 2 aromatic heterocycles. The molecule has 1 amide bonds. The monoisotopic (exact) mass is 432 g/mol. The number of nitrogens with one attached hydrogen (secondary N) is 1. The standard InChI is InChI=1S/C24H24N4O2S/c1-16-8-7-11-21(17(16)2)25-22(29)15-31-24-27-26-23(20-12-13-30-18(20)3)28(24)14-19-9-5-4-6-10-19/h4-13H,14-15H2,1-3H3,(H,25,29). The Balaban J connectivity index is 1.55. The highest BCUT2D eigenvalue weighted by Gasteiger charge is 2.19. The van der Waals surface area contributed by atoms with Crippen molar-refractivity contribution in [3.8, 4) is 11.4 Å². The van der Waals surface area contributed by atoms with Crippen LogP contribution in [0.1, 0.15) is 22.5 Å². The highest BCUT2D eigenvalue weighted by atomic mass is 32.2. The van der Waals surface area contributed by atoms with Gasteiger partial charge in [-0.25, -0.2) is 0 Å². The summed E-state index contributed by atoms with van der Waals surface area (Å²) in [6, 6.07) is 17.9. The number of carbonyl (C=O) groups excluding carboxylic acids is 1. The van der Waals surface area contributed by atoms with Crippen molar-refractivity contribution >= 4 is 23.4 Å². The van der Waals surface area contributed by atoms with Crippen LogP contribution in [0, 0.1) is 20.8 Å². The fourth-order valence-electron chi connectivity index (χ4n) is 3.32. The zero-order chi connectivity index (χ0) is 21.8. The van der Waals surface area contributed by atoms with Crippen LogP contribution in [0.5, 0.6) is 0 Å². The summed E-state index contributed by atoms with van der Waals surface area (Å²) in [4.78, 5) is 12.6. The summed E-state index contributed by atoms with van der Waals surface area (Å²) >= 11 is 1.37. The van der Waals surface area contributed by atoms with Gasteiger partial charge >= 0.3 is 0 Å². The Morgan fingerprint density at radius 1 is 1.03 bits per heavy atom. The molecule has 6 nitrogen and oxygen atoms in total. The summed E-state index contributed by atoms with van der Waals surface area (Å²) in [6.45, 7) is 6.55. The lowest BCUT2D eigenvalue weighted by Crippen LogP contribution is -2.15. The first kappa shape index (κ1) is 20.9. The van der Waals surface area contributed by atoms with Gasteiger partial charge in [-0.15, -0.1) is 10.2 Å². The summed E-state index contributed by atoms with van der Waals surface area (Å²) in [5.41, 5.74) is 5.09. The Morgan fingerprint density at radius 2 is 1.84 bits per heavy atom. The number of aromatic nitrogens is 3. The second kappa shape index (κ2) is 9.22. The van der Waals surface area contributed by atoms with Crippen molar-refractivity contribution in [2.75, 3.05) is 11.1 Å². The lowest BCUT2D eigenvalue weighted by atomic mass is 10.1. The van der Waals surface area contributed by atoms with Gasteiger partial charge in [-0.3, -0.25) is 9.36 Å². The minimum absolute atomic E-state index is 0.0750. The number of amides is 1. The van der Waals surface area contributed by atoms with Crippen LogP contribution in [-0.2, 0) is 11.3 Å². The average molecular weight is 433 g/mol. The van der Waals surface area contributed by atoms with Crippen molar-refractivity contribution in [1.82, 2.24) is 14.8 Å². The van der Waals surface area contributed by atoms with Crippen molar-refractivity contribution in [2.45, 2.75) is 32.5 Å². The van der Waals surface area contributed by atoms with E-state index in [-0.39, 0.29) is 11.7 Å². The average Bonchev–Trinajstić information content (AvgIpc) is 3.36. The Hall–Kier alpha value is -3.32. The third-order valence-corrected chi connectivity index (χ3v) is 6.18. The van der Waals surface area contributed by atoms with Crippen molar-refractivity contribution in [2.24, 2.45) is 0 Å². The second-order valence-electron chi connectivity index (χ2n) is 7.35. The van der Waals surface area contributed by atoms with Crippen LogP contribution >= 0.6 is 11.8 Å². The van der Waals surface area contributed by atoms with Gasteiger partial charge in [-0.2, -0.15) is 0 Å². The number of hydrogen-bond donors (Lipinski definition) is 1. The molecule has 0 unspecified atom stereocenters. The van der Waals surface area contributed by atoms with E-state index in [1.165, 1.54) is 11.8 Å². The van der Waals surface area contributed by atoms with Crippen LogP contribution in [0.2, 0.25) is 0 Å². The molecule has 158 valence electrons. The number of anilines is 1. The van der Waals surface area contributed by atoms with Crippen molar-refractivity contribution in [1.29, 1.82) is 0 Å². The maximum atomic E-state index is 12.6. The number of benzene rings is 2. The lowest BCUT2D eigenvalue weighted by Gasteiger charge is -2.11. The Labute approximate surface area is 185 Å². The molecular formula is C24H24N4O2S. The van der Waals surface area contributed by atoms with Crippen molar-refractivity contribution < 1.29 is 9.21 Å². The van der Waals surface area contributed by atoms with Gasteiger partial charge in [0.25, 0.3) is 0 Å². The number of nitrogens with zero attached hydrogens (tertiary/aromatic N) is 3. The van der Waals surface area contributed by atoms with E-state index in [4.69, 9.17) is 4.42 Å². The zero-order valence-corrected chi connectivity index (χ0v) is 18.6. The summed E-state index contributed by atoms with van der Waals surface area (Å²) in [7, 11) is 0. The SMILES string of the molecule is Cc1cccc(NC(=O)CSc2nnc(-c3ccoc3C)n2Cc2ccccc2)c1C. The number of furan rings is 1. The zero-order valence-electron chi connectivity index (χ0n) is 17.8. The van der Waals surface area contributed by atoms with Gasteiger partial charge in [-0.1, -0.05) is 54.2 Å². The summed E-state index contributed by atoms with van der Waals surface area (Å²) in [6.07, 6.45) is 1.65. The van der Waals surface area contributed by atoms with E-state index in [0.29, 0.717) is 11.7 Å². The highest BCUT2D eigenvalue weighted by molar-refractivity contribution is 7.99. The smallest absolute Gasteiger partial charge is 0.234 e. The van der Waals surface area contributed by atoms with Gasteiger partial charge < -0.3 is 9.73 Å². The maximum Gasteiger partial charge on any atom is 0.234 e. The predicted octanol–water partition coefficient (Wildman–Crippen LogP) is 5.24. The first-order valence-electron chi connectivity index (χ1n) is 10.0. The number of thioether (sulfide) groups is 1. The molecule has 2 aromatic carbocycles. The van der Waals surface area contributed by atoms with Gasteiger partial charge in [0, 0.05) is 5.69 Å². The van der Waals surface area contributed by atoms with Gasteiger partial charge in [0.15, 0.2) is 11.0 Å². The van der Waals surface area contributed by atoms with Gasteiger partial charge in [0.2, 0.25) is 5.91 Å². The minimum Gasteiger partial charge on any atom is -0.469 e. The molecule has 0 fully saturated rings. The van der Waals surface area contributed by atoms with Crippen LogP contribution in [0.3, 0.4) is 0 Å². The summed E-state index contributed by atoms with van der Waals surface area (Å²) in [5, 5.41) is 12.5. The van der Waals surface area contributed by atoms with Crippen molar-refractivity contribution in [3.63, 3.8) is 0 Å². The molecule has 4 aromatic rings. The molecule has 0 radical (unpaired) electrons. The molecule has 1 N–H and O–H groups in total. The third-order valence-electron chi connectivity index (χ3n) is 5.21. The Bertz CT molecular complexity index is 1200. The van der Waals surface area contributed by atoms with Crippen LogP contribution in [0.15, 0.2) is 70.4 Å². The summed E-state index contributed by atoms with van der Waals surface area (Å²) in [5.74, 6) is 1.68. The molecule has 4 rings (SSSR count). The second-order valence-corrected chi connectivity index (χ2v) is 8.30. The molecule has 0 bridgehead atoms. The fourth-order valence-corrected chi connectivity index (χ4v) is 4.06. The molecule has 0 aliphatic carbocycles. The molecule has 0 saturated heterocycles. The van der Waals surface area contributed by atoms with E-state index in [1.54, 1.807) is 6.26 Å². The third kappa shape index (κ3) is 4.72. The molecule has 2 heterocycles. The Morgan fingerprint density at radius 3 is 2.58 bits per heavy atom. The fraction of sp³-hybridized carbons (Fsp3) is 0.208. The minimum atomic E-state index is -0.0750. The molecule has 31 heavy (non-hydrogen) atoms. The van der Waals surface area contributed by atoms with E-state index < -0.39 is 0 Å². The molecule has 7 heteroatoms. The van der Waals surface area contributed by atoms with Gasteiger partial charge in [-0.05, 0) is 49.6 Å². The molecule has 0 spiro atoms. The summed E-state index contributed by atoms with van der Waals surface area (Å²) < 4.78 is 7.50. The quantitative estimate of drug-likeness (QED) is 0.404. The normalized spacial score (nSPS) is 10.9. The van der Waals surface area contributed by atoms with E-state index >= 15 is 0 Å². The number of rotatable bonds is 7. The lowest BCUT2D eigenvalue weighted by molar-refractivity contribution is -0.113. The molecule has 0 aliphatic heterocycles. The predicted molar refractivity (Wildman–Crippen MR) is 123 cm³/mol. The van der Waals surface area contributed by atoms with Crippen LogP contribution in [0.25, 0.3) is 11.4 Å². The number of carbonyl (C=O) groups is 1. The van der Waals surface area contributed by atoms with Crippen LogP contribution in [-0.4, -0.2) is 26.4 Å². The molecule has 0 atom stereocenters.